The minimum absolute atomic E-state index is 0.0327. The Morgan fingerprint density at radius 1 is 1.43 bits per heavy atom. The summed E-state index contributed by atoms with van der Waals surface area (Å²) < 4.78 is 0.906. The van der Waals surface area contributed by atoms with Crippen LogP contribution >= 0.6 is 27.7 Å². The molecule has 2 aromatic rings. The zero-order chi connectivity index (χ0) is 15.0. The first-order valence-corrected chi connectivity index (χ1v) is 8.24. The smallest absolute Gasteiger partial charge is 0.228 e. The molecule has 108 valence electrons. The summed E-state index contributed by atoms with van der Waals surface area (Å²) in [6.45, 7) is 2.10. The van der Waals surface area contributed by atoms with Gasteiger partial charge in [-0.05, 0) is 40.2 Å². The highest BCUT2D eigenvalue weighted by molar-refractivity contribution is 9.10. The average Bonchev–Trinajstić information content (AvgIpc) is 2.79. The van der Waals surface area contributed by atoms with Crippen LogP contribution in [0.1, 0.15) is 13.3 Å². The number of rotatable bonds is 2. The van der Waals surface area contributed by atoms with Gasteiger partial charge in [0.1, 0.15) is 0 Å². The largest absolute Gasteiger partial charge is 0.311 e. The Hall–Kier alpha value is -1.40. The Kier molecular flexibility index (Phi) is 3.99. The van der Waals surface area contributed by atoms with Crippen LogP contribution in [-0.4, -0.2) is 27.8 Å². The normalized spacial score (nSPS) is 18.5. The Balaban J connectivity index is 2.00. The van der Waals surface area contributed by atoms with Gasteiger partial charge in [-0.2, -0.15) is 0 Å². The van der Waals surface area contributed by atoms with Crippen LogP contribution in [-0.2, 0) is 9.59 Å². The predicted molar refractivity (Wildman–Crippen MR) is 88.5 cm³/mol. The van der Waals surface area contributed by atoms with Gasteiger partial charge >= 0.3 is 0 Å². The number of halogens is 1. The molecule has 2 heterocycles. The lowest BCUT2D eigenvalue weighted by Gasteiger charge is -2.19. The maximum Gasteiger partial charge on any atom is 0.228 e. The van der Waals surface area contributed by atoms with Crippen molar-refractivity contribution in [2.75, 3.05) is 11.4 Å². The molecule has 1 saturated heterocycles. The summed E-state index contributed by atoms with van der Waals surface area (Å²) in [7, 11) is 0. The summed E-state index contributed by atoms with van der Waals surface area (Å²) >= 11 is 4.73. The minimum Gasteiger partial charge on any atom is -0.311 e. The van der Waals surface area contributed by atoms with Gasteiger partial charge < -0.3 is 4.90 Å². The average molecular weight is 365 g/mol. The molecular weight excluding hydrogens is 352 g/mol. The molecule has 1 atom stereocenters. The van der Waals surface area contributed by atoms with Crippen molar-refractivity contribution < 1.29 is 9.59 Å². The molecule has 1 aromatic heterocycles. The molecule has 0 aliphatic carbocycles. The van der Waals surface area contributed by atoms with Gasteiger partial charge in [-0.25, -0.2) is 0 Å². The Morgan fingerprint density at radius 3 is 3.00 bits per heavy atom. The van der Waals surface area contributed by atoms with Crippen LogP contribution in [0.4, 0.5) is 5.69 Å². The van der Waals surface area contributed by atoms with Crippen molar-refractivity contribution in [2.45, 2.75) is 18.6 Å². The summed E-state index contributed by atoms with van der Waals surface area (Å²) in [6, 6.07) is 7.65. The van der Waals surface area contributed by atoms with Crippen LogP contribution in [0.5, 0.6) is 0 Å². The van der Waals surface area contributed by atoms with E-state index in [0.717, 1.165) is 21.1 Å². The van der Waals surface area contributed by atoms with Crippen molar-refractivity contribution in [3.05, 3.63) is 34.9 Å². The fourth-order valence-electron chi connectivity index (χ4n) is 2.58. The summed E-state index contributed by atoms with van der Waals surface area (Å²) in [5, 5.41) is 1.02. The van der Waals surface area contributed by atoms with Crippen molar-refractivity contribution in [3.63, 3.8) is 0 Å². The first-order valence-electron chi connectivity index (χ1n) is 6.57. The van der Waals surface area contributed by atoms with Gasteiger partial charge in [0.25, 0.3) is 0 Å². The zero-order valence-electron chi connectivity index (χ0n) is 11.4. The van der Waals surface area contributed by atoms with E-state index in [1.165, 1.54) is 18.7 Å². The predicted octanol–water partition coefficient (Wildman–Crippen LogP) is 3.38. The number of hydrogen-bond acceptors (Lipinski definition) is 4. The van der Waals surface area contributed by atoms with Crippen molar-refractivity contribution in [2.24, 2.45) is 0 Å². The van der Waals surface area contributed by atoms with E-state index >= 15 is 0 Å². The van der Waals surface area contributed by atoms with Gasteiger partial charge in [0.05, 0.1) is 11.2 Å². The van der Waals surface area contributed by atoms with Gasteiger partial charge in [-0.15, -0.1) is 0 Å². The molecule has 0 spiro atoms. The number of amides is 1. The summed E-state index contributed by atoms with van der Waals surface area (Å²) in [4.78, 5) is 29.6. The lowest BCUT2D eigenvalue weighted by atomic mass is 10.1. The number of benzene rings is 1. The molecule has 1 unspecified atom stereocenters. The van der Waals surface area contributed by atoms with E-state index < -0.39 is 0 Å². The number of anilines is 1. The monoisotopic (exact) mass is 364 g/mol. The van der Waals surface area contributed by atoms with Gasteiger partial charge in [0.15, 0.2) is 5.12 Å². The maximum atomic E-state index is 12.3. The second-order valence-corrected chi connectivity index (χ2v) is 7.24. The summed E-state index contributed by atoms with van der Waals surface area (Å²) in [6.07, 6.45) is 2.14. The van der Waals surface area contributed by atoms with Crippen LogP contribution < -0.4 is 4.90 Å². The van der Waals surface area contributed by atoms with Crippen LogP contribution in [0, 0.1) is 0 Å². The van der Waals surface area contributed by atoms with Gasteiger partial charge in [-0.3, -0.25) is 14.6 Å². The highest BCUT2D eigenvalue weighted by Crippen LogP contribution is 2.35. The molecule has 0 bridgehead atoms. The lowest BCUT2D eigenvalue weighted by Crippen LogP contribution is -2.25. The minimum atomic E-state index is 0.0327. The molecule has 1 aromatic carbocycles. The van der Waals surface area contributed by atoms with E-state index in [1.807, 2.05) is 24.3 Å². The molecule has 6 heteroatoms. The lowest BCUT2D eigenvalue weighted by molar-refractivity contribution is -0.117. The zero-order valence-corrected chi connectivity index (χ0v) is 13.8. The summed E-state index contributed by atoms with van der Waals surface area (Å²) in [5.74, 6) is 0.0567. The molecule has 0 saturated carbocycles. The number of carbonyl (C=O) groups is 2. The molecule has 1 aliphatic rings. The molecular formula is C15H13BrN2O2S. The van der Waals surface area contributed by atoms with E-state index in [2.05, 4.69) is 20.9 Å². The standard InChI is InChI=1S/C15H13BrN2O2S/c1-9(19)21-10-7-14(20)18(8-10)13-5-4-12(16)15-11(13)3-2-6-17-15/h2-6,10H,7-8H2,1H3. The quantitative estimate of drug-likeness (QED) is 0.819. The number of fused-ring (bicyclic) bond motifs is 1. The van der Waals surface area contributed by atoms with E-state index in [1.54, 1.807) is 11.1 Å². The number of hydrogen-bond donors (Lipinski definition) is 0. The molecule has 1 aliphatic heterocycles. The van der Waals surface area contributed by atoms with Gasteiger partial charge in [-0.1, -0.05) is 11.8 Å². The van der Waals surface area contributed by atoms with E-state index in [0.29, 0.717) is 13.0 Å². The van der Waals surface area contributed by atoms with Crippen molar-refractivity contribution in [3.8, 4) is 0 Å². The second kappa shape index (κ2) is 5.77. The second-order valence-electron chi connectivity index (χ2n) is 4.91. The molecule has 0 N–H and O–H groups in total. The Morgan fingerprint density at radius 2 is 2.24 bits per heavy atom. The molecule has 1 fully saturated rings. The SMILES string of the molecule is CC(=O)SC1CC(=O)N(c2ccc(Br)c3ncccc23)C1. The third-order valence-corrected chi connectivity index (χ3v) is 5.03. The fraction of sp³-hybridized carbons (Fsp3) is 0.267. The number of carbonyl (C=O) groups excluding carboxylic acids is 2. The first-order chi connectivity index (χ1) is 10.1. The highest BCUT2D eigenvalue weighted by atomic mass is 79.9. The third-order valence-electron chi connectivity index (χ3n) is 3.41. The van der Waals surface area contributed by atoms with Crippen molar-refractivity contribution >= 4 is 55.3 Å². The van der Waals surface area contributed by atoms with E-state index in [4.69, 9.17) is 0 Å². The molecule has 4 nitrogen and oxygen atoms in total. The summed E-state index contributed by atoms with van der Waals surface area (Å²) in [5.41, 5.74) is 1.70. The van der Waals surface area contributed by atoms with Crippen LogP contribution in [0.25, 0.3) is 10.9 Å². The van der Waals surface area contributed by atoms with Gasteiger partial charge in [0, 0.05) is 41.2 Å². The van der Waals surface area contributed by atoms with Crippen LogP contribution in [0.15, 0.2) is 34.9 Å². The van der Waals surface area contributed by atoms with Crippen LogP contribution in [0.2, 0.25) is 0 Å². The van der Waals surface area contributed by atoms with Gasteiger partial charge in [0.2, 0.25) is 5.91 Å². The highest BCUT2D eigenvalue weighted by Gasteiger charge is 2.32. The molecule has 0 radical (unpaired) electrons. The number of pyridine rings is 1. The fourth-order valence-corrected chi connectivity index (χ4v) is 3.95. The van der Waals surface area contributed by atoms with E-state index in [9.17, 15) is 9.59 Å². The molecule has 3 rings (SSSR count). The third kappa shape index (κ3) is 2.82. The number of nitrogens with zero attached hydrogens (tertiary/aromatic N) is 2. The molecule has 21 heavy (non-hydrogen) atoms. The number of thioether (sulfide) groups is 1. The maximum absolute atomic E-state index is 12.3. The Bertz CT molecular complexity index is 735. The van der Waals surface area contributed by atoms with Crippen molar-refractivity contribution in [1.82, 2.24) is 4.98 Å². The van der Waals surface area contributed by atoms with Crippen molar-refractivity contribution in [1.29, 1.82) is 0 Å². The van der Waals surface area contributed by atoms with Crippen LogP contribution in [0.3, 0.4) is 0 Å². The number of aromatic nitrogens is 1. The topological polar surface area (TPSA) is 50.3 Å². The molecule has 1 amide bonds. The Labute approximate surface area is 135 Å². The van der Waals surface area contributed by atoms with E-state index in [-0.39, 0.29) is 16.3 Å². The first kappa shape index (κ1) is 14.5.